The van der Waals surface area contributed by atoms with Gasteiger partial charge in [0.2, 0.25) is 0 Å². The van der Waals surface area contributed by atoms with Crippen molar-refractivity contribution in [1.82, 2.24) is 15.1 Å². The maximum absolute atomic E-state index is 12.5. The molecule has 0 radical (unpaired) electrons. The van der Waals surface area contributed by atoms with Crippen LogP contribution in [0.5, 0.6) is 0 Å². The van der Waals surface area contributed by atoms with E-state index in [2.05, 4.69) is 36.3 Å². The van der Waals surface area contributed by atoms with Gasteiger partial charge in [0.15, 0.2) is 5.69 Å². The highest BCUT2D eigenvalue weighted by Crippen LogP contribution is 2.24. The molecule has 0 aliphatic carbocycles. The van der Waals surface area contributed by atoms with Gasteiger partial charge in [-0.25, -0.2) is 0 Å². The number of nitrogens with zero attached hydrogens (tertiary/aromatic N) is 3. The smallest absolute Gasteiger partial charge is 0.274 e. The molecule has 5 heteroatoms. The van der Waals surface area contributed by atoms with Crippen LogP contribution < -0.4 is 5.32 Å². The summed E-state index contributed by atoms with van der Waals surface area (Å²) >= 11 is 0. The lowest BCUT2D eigenvalue weighted by Gasteiger charge is -2.38. The third kappa shape index (κ3) is 3.26. The Bertz CT molecular complexity index is 436. The first-order chi connectivity index (χ1) is 9.63. The molecule has 1 aromatic rings. The first-order valence-electron chi connectivity index (χ1n) is 7.53. The number of piperidine rings is 1. The number of rotatable bonds is 4. The van der Waals surface area contributed by atoms with Crippen LogP contribution in [0.2, 0.25) is 0 Å². The van der Waals surface area contributed by atoms with E-state index >= 15 is 0 Å². The van der Waals surface area contributed by atoms with E-state index < -0.39 is 0 Å². The second kappa shape index (κ2) is 6.68. The van der Waals surface area contributed by atoms with E-state index in [0.717, 1.165) is 31.6 Å². The van der Waals surface area contributed by atoms with Crippen molar-refractivity contribution in [1.29, 1.82) is 0 Å². The Hall–Kier alpha value is -1.65. The van der Waals surface area contributed by atoms with Crippen LogP contribution in [0.3, 0.4) is 0 Å². The molecule has 1 N–H and O–H groups in total. The molecule has 0 saturated carbocycles. The Morgan fingerprint density at radius 2 is 2.00 bits per heavy atom. The van der Waals surface area contributed by atoms with Crippen LogP contribution in [0.25, 0.3) is 0 Å². The molecule has 0 bridgehead atoms. The minimum atomic E-state index is -0.000702. The Morgan fingerprint density at radius 1 is 1.30 bits per heavy atom. The topological polar surface area (TPSA) is 58.1 Å². The molecular weight excluding hydrogens is 252 g/mol. The van der Waals surface area contributed by atoms with Crippen molar-refractivity contribution in [2.75, 3.05) is 11.9 Å². The SMILES string of the molecule is CCCNc1ccc(C(=O)N2[C@H](C)CCC[C@@H]2C)nn1. The van der Waals surface area contributed by atoms with E-state index in [-0.39, 0.29) is 18.0 Å². The Balaban J connectivity index is 2.08. The van der Waals surface area contributed by atoms with Crippen LogP contribution in [0.4, 0.5) is 5.82 Å². The Labute approximate surface area is 120 Å². The fraction of sp³-hybridized carbons (Fsp3) is 0.667. The summed E-state index contributed by atoms with van der Waals surface area (Å²) in [6.45, 7) is 7.18. The van der Waals surface area contributed by atoms with Crippen LogP contribution in [-0.4, -0.2) is 39.6 Å². The molecule has 2 atom stereocenters. The molecule has 110 valence electrons. The highest BCUT2D eigenvalue weighted by molar-refractivity contribution is 5.92. The van der Waals surface area contributed by atoms with Crippen LogP contribution in [0.15, 0.2) is 12.1 Å². The zero-order valence-electron chi connectivity index (χ0n) is 12.6. The van der Waals surface area contributed by atoms with E-state index in [1.165, 1.54) is 6.42 Å². The van der Waals surface area contributed by atoms with E-state index in [1.54, 1.807) is 6.07 Å². The van der Waals surface area contributed by atoms with E-state index in [9.17, 15) is 4.79 Å². The normalized spacial score (nSPS) is 22.6. The number of hydrogen-bond acceptors (Lipinski definition) is 4. The van der Waals surface area contributed by atoms with E-state index in [0.29, 0.717) is 5.69 Å². The van der Waals surface area contributed by atoms with Gasteiger partial charge in [-0.2, -0.15) is 0 Å². The quantitative estimate of drug-likeness (QED) is 0.918. The second-order valence-corrected chi connectivity index (χ2v) is 5.57. The lowest BCUT2D eigenvalue weighted by molar-refractivity contribution is 0.0503. The number of nitrogens with one attached hydrogen (secondary N) is 1. The number of aromatic nitrogens is 2. The molecular formula is C15H24N4O. The van der Waals surface area contributed by atoms with Crippen LogP contribution >= 0.6 is 0 Å². The minimum absolute atomic E-state index is 0.000702. The first kappa shape index (κ1) is 14.8. The largest absolute Gasteiger partial charge is 0.369 e. The monoisotopic (exact) mass is 276 g/mol. The summed E-state index contributed by atoms with van der Waals surface area (Å²) in [5.74, 6) is 0.724. The fourth-order valence-corrected chi connectivity index (χ4v) is 2.75. The van der Waals surface area contributed by atoms with Crippen molar-refractivity contribution in [3.8, 4) is 0 Å². The van der Waals surface area contributed by atoms with Gasteiger partial charge >= 0.3 is 0 Å². The predicted octanol–water partition coefficient (Wildman–Crippen LogP) is 2.70. The van der Waals surface area contributed by atoms with Gasteiger partial charge in [-0.3, -0.25) is 4.79 Å². The number of amides is 1. The maximum atomic E-state index is 12.5. The van der Waals surface area contributed by atoms with Gasteiger partial charge in [-0.1, -0.05) is 6.92 Å². The van der Waals surface area contributed by atoms with Gasteiger partial charge in [0, 0.05) is 18.6 Å². The zero-order chi connectivity index (χ0) is 14.5. The van der Waals surface area contributed by atoms with Gasteiger partial charge in [-0.15, -0.1) is 10.2 Å². The zero-order valence-corrected chi connectivity index (χ0v) is 12.6. The standard InChI is InChI=1S/C15H24N4O/c1-4-10-16-14-9-8-13(17-18-14)15(20)19-11(2)6-5-7-12(19)3/h8-9,11-12H,4-7,10H2,1-3H3,(H,16,18)/t11-,12+. The molecule has 0 unspecified atom stereocenters. The average molecular weight is 276 g/mol. The number of hydrogen-bond donors (Lipinski definition) is 1. The van der Waals surface area contributed by atoms with Gasteiger partial charge in [0.05, 0.1) is 0 Å². The van der Waals surface area contributed by atoms with Crippen molar-refractivity contribution < 1.29 is 4.79 Å². The molecule has 0 spiro atoms. The van der Waals surface area contributed by atoms with Gasteiger partial charge in [0.25, 0.3) is 5.91 Å². The molecule has 1 aliphatic heterocycles. The predicted molar refractivity (Wildman–Crippen MR) is 79.8 cm³/mol. The molecule has 0 aromatic carbocycles. The molecule has 2 heterocycles. The Morgan fingerprint density at radius 3 is 2.55 bits per heavy atom. The van der Waals surface area contributed by atoms with Crippen molar-refractivity contribution in [2.24, 2.45) is 0 Å². The van der Waals surface area contributed by atoms with E-state index in [1.807, 2.05) is 11.0 Å². The molecule has 5 nitrogen and oxygen atoms in total. The van der Waals surface area contributed by atoms with Gasteiger partial charge in [0.1, 0.15) is 5.82 Å². The fourth-order valence-electron chi connectivity index (χ4n) is 2.75. The number of carbonyl (C=O) groups is 1. The van der Waals surface area contributed by atoms with Crippen molar-refractivity contribution >= 4 is 11.7 Å². The first-order valence-corrected chi connectivity index (χ1v) is 7.53. The summed E-state index contributed by atoms with van der Waals surface area (Å²) in [6.07, 6.45) is 4.36. The highest BCUT2D eigenvalue weighted by Gasteiger charge is 2.30. The molecule has 1 aromatic heterocycles. The minimum Gasteiger partial charge on any atom is -0.369 e. The molecule has 1 fully saturated rings. The summed E-state index contributed by atoms with van der Waals surface area (Å²) in [4.78, 5) is 14.5. The molecule has 1 aliphatic rings. The third-order valence-electron chi connectivity index (χ3n) is 3.87. The molecule has 1 saturated heterocycles. The highest BCUT2D eigenvalue weighted by atomic mass is 16.2. The van der Waals surface area contributed by atoms with Crippen LogP contribution in [0, 0.1) is 0 Å². The number of likely N-dealkylation sites (tertiary alicyclic amines) is 1. The summed E-state index contributed by atoms with van der Waals surface area (Å²) in [5.41, 5.74) is 0.438. The number of carbonyl (C=O) groups excluding carboxylic acids is 1. The van der Waals surface area contributed by atoms with E-state index in [4.69, 9.17) is 0 Å². The summed E-state index contributed by atoms with van der Waals surface area (Å²) in [5, 5.41) is 11.3. The van der Waals surface area contributed by atoms with Gasteiger partial charge in [-0.05, 0) is 51.7 Å². The Kier molecular flexibility index (Phi) is 4.93. The lowest BCUT2D eigenvalue weighted by atomic mass is 9.97. The average Bonchev–Trinajstić information content (AvgIpc) is 2.45. The maximum Gasteiger partial charge on any atom is 0.274 e. The van der Waals surface area contributed by atoms with Crippen molar-refractivity contribution in [3.05, 3.63) is 17.8 Å². The molecule has 1 amide bonds. The lowest BCUT2D eigenvalue weighted by Crippen LogP contribution is -2.47. The van der Waals surface area contributed by atoms with Crippen molar-refractivity contribution in [3.63, 3.8) is 0 Å². The van der Waals surface area contributed by atoms with Crippen molar-refractivity contribution in [2.45, 2.75) is 58.5 Å². The molecule has 20 heavy (non-hydrogen) atoms. The van der Waals surface area contributed by atoms with Crippen LogP contribution in [-0.2, 0) is 0 Å². The third-order valence-corrected chi connectivity index (χ3v) is 3.87. The molecule has 2 rings (SSSR count). The number of anilines is 1. The summed E-state index contributed by atoms with van der Waals surface area (Å²) in [7, 11) is 0. The summed E-state index contributed by atoms with van der Waals surface area (Å²) in [6, 6.07) is 4.16. The second-order valence-electron chi connectivity index (χ2n) is 5.57. The summed E-state index contributed by atoms with van der Waals surface area (Å²) < 4.78 is 0. The van der Waals surface area contributed by atoms with Gasteiger partial charge < -0.3 is 10.2 Å². The van der Waals surface area contributed by atoms with Crippen LogP contribution in [0.1, 0.15) is 56.9 Å².